The maximum Gasteiger partial charge on any atom is 0.333 e. The lowest BCUT2D eigenvalue weighted by atomic mass is 10.0. The van der Waals surface area contributed by atoms with Gasteiger partial charge >= 0.3 is 5.69 Å². The van der Waals surface area contributed by atoms with Crippen LogP contribution in [0.2, 0.25) is 0 Å². The van der Waals surface area contributed by atoms with Crippen molar-refractivity contribution in [3.8, 4) is 5.75 Å². The van der Waals surface area contributed by atoms with E-state index in [1.54, 1.807) is 18.2 Å². The van der Waals surface area contributed by atoms with E-state index in [1.165, 1.54) is 32.1 Å². The highest BCUT2D eigenvalue weighted by atomic mass is 16.6. The molecule has 0 heterocycles. The third kappa shape index (κ3) is 4.34. The van der Waals surface area contributed by atoms with Crippen LogP contribution in [0.15, 0.2) is 18.2 Å². The molecule has 0 atom stereocenters. The number of nitro benzene ring substituents is 1. The van der Waals surface area contributed by atoms with Crippen molar-refractivity contribution in [2.45, 2.75) is 45.4 Å². The van der Waals surface area contributed by atoms with Gasteiger partial charge in [0.2, 0.25) is 0 Å². The molecule has 0 aliphatic heterocycles. The SMILES string of the molecule is CCOc1cccc(NCCCC2CCCC2)c1[N+](=O)[O-]. The van der Waals surface area contributed by atoms with E-state index < -0.39 is 0 Å². The monoisotopic (exact) mass is 292 g/mol. The molecule has 116 valence electrons. The van der Waals surface area contributed by atoms with Crippen LogP contribution in [0.1, 0.15) is 45.4 Å². The van der Waals surface area contributed by atoms with Gasteiger partial charge in [-0.05, 0) is 37.8 Å². The van der Waals surface area contributed by atoms with Gasteiger partial charge in [0.05, 0.1) is 11.5 Å². The lowest BCUT2D eigenvalue weighted by molar-refractivity contribution is -0.384. The largest absolute Gasteiger partial charge is 0.487 e. The fourth-order valence-corrected chi connectivity index (χ4v) is 3.04. The topological polar surface area (TPSA) is 64.4 Å². The molecule has 0 spiro atoms. The molecule has 1 aliphatic rings. The van der Waals surface area contributed by atoms with Gasteiger partial charge in [0.1, 0.15) is 5.69 Å². The molecule has 1 aliphatic carbocycles. The molecule has 5 heteroatoms. The molecule has 0 radical (unpaired) electrons. The minimum Gasteiger partial charge on any atom is -0.487 e. The van der Waals surface area contributed by atoms with E-state index in [4.69, 9.17) is 4.74 Å². The Morgan fingerprint density at radius 1 is 1.38 bits per heavy atom. The molecular formula is C16H24N2O3. The lowest BCUT2D eigenvalue weighted by Gasteiger charge is -2.12. The van der Waals surface area contributed by atoms with Gasteiger partial charge in [0.15, 0.2) is 5.75 Å². The van der Waals surface area contributed by atoms with Gasteiger partial charge in [-0.2, -0.15) is 0 Å². The number of para-hydroxylation sites is 1. The van der Waals surface area contributed by atoms with Gasteiger partial charge in [0.25, 0.3) is 0 Å². The fraction of sp³-hybridized carbons (Fsp3) is 0.625. The molecule has 0 bridgehead atoms. The Kier molecular flexibility index (Phi) is 5.84. The van der Waals surface area contributed by atoms with Gasteiger partial charge in [-0.25, -0.2) is 0 Å². The number of benzene rings is 1. The molecule has 1 aromatic rings. The van der Waals surface area contributed by atoms with Crippen LogP contribution in [0, 0.1) is 16.0 Å². The second-order valence-corrected chi connectivity index (χ2v) is 5.56. The van der Waals surface area contributed by atoms with E-state index in [0.29, 0.717) is 18.0 Å². The summed E-state index contributed by atoms with van der Waals surface area (Å²) >= 11 is 0. The average Bonchev–Trinajstić information content (AvgIpc) is 2.97. The summed E-state index contributed by atoms with van der Waals surface area (Å²) in [4.78, 5) is 10.9. The number of hydrogen-bond donors (Lipinski definition) is 1. The van der Waals surface area contributed by atoms with Crippen LogP contribution >= 0.6 is 0 Å². The lowest BCUT2D eigenvalue weighted by Crippen LogP contribution is -2.07. The summed E-state index contributed by atoms with van der Waals surface area (Å²) in [5.41, 5.74) is 0.595. The predicted octanol–water partition coefficient (Wildman–Crippen LogP) is 4.38. The third-order valence-corrected chi connectivity index (χ3v) is 4.06. The van der Waals surface area contributed by atoms with Crippen molar-refractivity contribution in [1.82, 2.24) is 0 Å². The maximum atomic E-state index is 11.2. The quantitative estimate of drug-likeness (QED) is 0.439. The van der Waals surface area contributed by atoms with Crippen LogP contribution in [0.4, 0.5) is 11.4 Å². The molecule has 2 rings (SSSR count). The maximum absolute atomic E-state index is 11.2. The second kappa shape index (κ2) is 7.86. The van der Waals surface area contributed by atoms with Crippen LogP contribution < -0.4 is 10.1 Å². The standard InChI is InChI=1S/C16H24N2O3/c1-2-21-15-11-5-10-14(16(15)18(19)20)17-12-6-9-13-7-3-4-8-13/h5,10-11,13,17H,2-4,6-9,12H2,1H3. The van der Waals surface area contributed by atoms with Gasteiger partial charge in [-0.15, -0.1) is 0 Å². The van der Waals surface area contributed by atoms with Crippen LogP contribution in [-0.2, 0) is 0 Å². The summed E-state index contributed by atoms with van der Waals surface area (Å²) in [6.45, 7) is 3.02. The first-order chi connectivity index (χ1) is 10.2. The molecule has 1 aromatic carbocycles. The van der Waals surface area contributed by atoms with E-state index in [9.17, 15) is 10.1 Å². The van der Waals surface area contributed by atoms with Crippen molar-refractivity contribution in [2.75, 3.05) is 18.5 Å². The van der Waals surface area contributed by atoms with Crippen LogP contribution in [0.25, 0.3) is 0 Å². The third-order valence-electron chi connectivity index (χ3n) is 4.06. The van der Waals surface area contributed by atoms with Crippen LogP contribution in [0.5, 0.6) is 5.75 Å². The zero-order valence-electron chi connectivity index (χ0n) is 12.6. The van der Waals surface area contributed by atoms with E-state index in [1.807, 2.05) is 6.92 Å². The Labute approximate surface area is 125 Å². The number of rotatable bonds is 8. The molecule has 1 N–H and O–H groups in total. The fourth-order valence-electron chi connectivity index (χ4n) is 3.04. The Bertz CT molecular complexity index is 471. The molecule has 0 saturated heterocycles. The minimum atomic E-state index is -0.371. The number of nitro groups is 1. The minimum absolute atomic E-state index is 0.0419. The molecule has 1 fully saturated rings. The van der Waals surface area contributed by atoms with Crippen molar-refractivity contribution in [2.24, 2.45) is 5.92 Å². The van der Waals surface area contributed by atoms with Gasteiger partial charge in [-0.3, -0.25) is 10.1 Å². The average molecular weight is 292 g/mol. The van der Waals surface area contributed by atoms with Crippen molar-refractivity contribution >= 4 is 11.4 Å². The number of hydrogen-bond acceptors (Lipinski definition) is 4. The first-order valence-electron chi connectivity index (χ1n) is 7.86. The summed E-state index contributed by atoms with van der Waals surface area (Å²) in [6.07, 6.45) is 7.69. The van der Waals surface area contributed by atoms with E-state index in [-0.39, 0.29) is 10.6 Å². The highest BCUT2D eigenvalue weighted by molar-refractivity contribution is 5.68. The van der Waals surface area contributed by atoms with Gasteiger partial charge in [0, 0.05) is 6.54 Å². The molecule has 0 amide bonds. The van der Waals surface area contributed by atoms with Gasteiger partial charge in [-0.1, -0.05) is 31.7 Å². The summed E-state index contributed by atoms with van der Waals surface area (Å²) in [6, 6.07) is 5.18. The Morgan fingerprint density at radius 2 is 2.14 bits per heavy atom. The van der Waals surface area contributed by atoms with E-state index in [2.05, 4.69) is 5.32 Å². The normalized spacial score (nSPS) is 15.1. The molecule has 0 unspecified atom stereocenters. The molecule has 5 nitrogen and oxygen atoms in total. The molecule has 21 heavy (non-hydrogen) atoms. The Hall–Kier alpha value is -1.78. The van der Waals surface area contributed by atoms with Crippen molar-refractivity contribution in [1.29, 1.82) is 0 Å². The van der Waals surface area contributed by atoms with Crippen molar-refractivity contribution < 1.29 is 9.66 Å². The Balaban J connectivity index is 1.92. The number of ether oxygens (including phenoxy) is 1. The van der Waals surface area contributed by atoms with E-state index in [0.717, 1.165) is 18.9 Å². The molecular weight excluding hydrogens is 268 g/mol. The summed E-state index contributed by atoms with van der Waals surface area (Å²) < 4.78 is 5.34. The zero-order chi connectivity index (χ0) is 15.1. The number of nitrogens with one attached hydrogen (secondary N) is 1. The van der Waals surface area contributed by atoms with Crippen molar-refractivity contribution in [3.05, 3.63) is 28.3 Å². The number of nitrogens with zero attached hydrogens (tertiary/aromatic N) is 1. The number of anilines is 1. The highest BCUT2D eigenvalue weighted by Gasteiger charge is 2.20. The van der Waals surface area contributed by atoms with Crippen molar-refractivity contribution in [3.63, 3.8) is 0 Å². The molecule has 1 saturated carbocycles. The zero-order valence-corrected chi connectivity index (χ0v) is 12.6. The van der Waals surface area contributed by atoms with Crippen LogP contribution in [-0.4, -0.2) is 18.1 Å². The Morgan fingerprint density at radius 3 is 2.81 bits per heavy atom. The van der Waals surface area contributed by atoms with Gasteiger partial charge < -0.3 is 10.1 Å². The first-order valence-corrected chi connectivity index (χ1v) is 7.86. The highest BCUT2D eigenvalue weighted by Crippen LogP contribution is 2.35. The summed E-state index contributed by atoms with van der Waals surface area (Å²) in [7, 11) is 0. The summed E-state index contributed by atoms with van der Waals surface area (Å²) in [5.74, 6) is 1.19. The first kappa shape index (κ1) is 15.6. The predicted molar refractivity (Wildman–Crippen MR) is 83.9 cm³/mol. The summed E-state index contributed by atoms with van der Waals surface area (Å²) in [5, 5.41) is 14.4. The molecule has 0 aromatic heterocycles. The smallest absolute Gasteiger partial charge is 0.333 e. The van der Waals surface area contributed by atoms with E-state index >= 15 is 0 Å². The second-order valence-electron chi connectivity index (χ2n) is 5.56. The van der Waals surface area contributed by atoms with Crippen LogP contribution in [0.3, 0.4) is 0 Å².